The molecule has 27 heavy (non-hydrogen) atoms. The van der Waals surface area contributed by atoms with Gasteiger partial charge in [0.1, 0.15) is 12.4 Å². The SMILES string of the molecule is CS(=O)(=O)c1ccc(OCc2nnnn2-c2ccc(C(F)(F)F)cc2)cc1. The van der Waals surface area contributed by atoms with Gasteiger partial charge in [0.25, 0.3) is 0 Å². The lowest BCUT2D eigenvalue weighted by atomic mass is 10.2. The van der Waals surface area contributed by atoms with Crippen molar-refractivity contribution in [3.8, 4) is 11.4 Å². The maximum atomic E-state index is 12.6. The number of rotatable bonds is 5. The molecule has 0 radical (unpaired) electrons. The van der Waals surface area contributed by atoms with E-state index in [2.05, 4.69) is 15.5 Å². The maximum absolute atomic E-state index is 12.6. The van der Waals surface area contributed by atoms with Crippen molar-refractivity contribution in [1.82, 2.24) is 20.2 Å². The number of halogens is 3. The van der Waals surface area contributed by atoms with Gasteiger partial charge in [-0.1, -0.05) is 0 Å². The molecule has 142 valence electrons. The zero-order chi connectivity index (χ0) is 19.7. The first kappa shape index (κ1) is 18.8. The van der Waals surface area contributed by atoms with Crippen LogP contribution >= 0.6 is 0 Å². The zero-order valence-electron chi connectivity index (χ0n) is 13.9. The highest BCUT2D eigenvalue weighted by Gasteiger charge is 2.30. The summed E-state index contributed by atoms with van der Waals surface area (Å²) in [5, 5.41) is 11.1. The van der Waals surface area contributed by atoms with E-state index in [1.165, 1.54) is 41.1 Å². The Hall–Kier alpha value is -2.95. The Morgan fingerprint density at radius 3 is 2.22 bits per heavy atom. The van der Waals surface area contributed by atoms with Gasteiger partial charge < -0.3 is 4.74 Å². The topological polar surface area (TPSA) is 87.0 Å². The molecule has 2 aromatic carbocycles. The van der Waals surface area contributed by atoms with Gasteiger partial charge in [0.2, 0.25) is 0 Å². The Morgan fingerprint density at radius 2 is 1.67 bits per heavy atom. The number of tetrazole rings is 1. The molecule has 0 amide bonds. The fourth-order valence-corrected chi connectivity index (χ4v) is 2.85. The van der Waals surface area contributed by atoms with E-state index in [1.54, 1.807) is 0 Å². The second-order valence-electron chi connectivity index (χ2n) is 5.58. The summed E-state index contributed by atoms with van der Waals surface area (Å²) < 4.78 is 67.6. The summed E-state index contributed by atoms with van der Waals surface area (Å²) in [6, 6.07) is 10.2. The van der Waals surface area contributed by atoms with Crippen molar-refractivity contribution in [1.29, 1.82) is 0 Å². The van der Waals surface area contributed by atoms with E-state index in [0.717, 1.165) is 18.4 Å². The smallest absolute Gasteiger partial charge is 0.416 e. The highest BCUT2D eigenvalue weighted by atomic mass is 32.2. The molecule has 0 N–H and O–H groups in total. The summed E-state index contributed by atoms with van der Waals surface area (Å²) >= 11 is 0. The van der Waals surface area contributed by atoms with Crippen LogP contribution in [0.5, 0.6) is 5.75 Å². The molecule has 0 aliphatic carbocycles. The van der Waals surface area contributed by atoms with Crippen molar-refractivity contribution in [2.24, 2.45) is 0 Å². The van der Waals surface area contributed by atoms with Crippen LogP contribution in [0.25, 0.3) is 5.69 Å². The Bertz CT molecular complexity index is 1030. The van der Waals surface area contributed by atoms with Gasteiger partial charge in [-0.15, -0.1) is 5.10 Å². The average Bonchev–Trinajstić information content (AvgIpc) is 3.07. The molecule has 0 aliphatic rings. The van der Waals surface area contributed by atoms with E-state index in [-0.39, 0.29) is 17.3 Å². The lowest BCUT2D eigenvalue weighted by Crippen LogP contribution is -2.08. The summed E-state index contributed by atoms with van der Waals surface area (Å²) in [6.07, 6.45) is -3.33. The molecular formula is C16H13F3N4O3S. The molecule has 0 bridgehead atoms. The van der Waals surface area contributed by atoms with Crippen molar-refractivity contribution in [3.05, 3.63) is 59.9 Å². The van der Waals surface area contributed by atoms with Crippen LogP contribution in [0.1, 0.15) is 11.4 Å². The van der Waals surface area contributed by atoms with E-state index in [9.17, 15) is 21.6 Å². The molecule has 7 nitrogen and oxygen atoms in total. The van der Waals surface area contributed by atoms with Gasteiger partial charge in [0, 0.05) is 6.26 Å². The largest absolute Gasteiger partial charge is 0.486 e. The summed E-state index contributed by atoms with van der Waals surface area (Å²) in [5.74, 6) is 0.659. The molecule has 3 rings (SSSR count). The van der Waals surface area contributed by atoms with Crippen LogP contribution in [0.15, 0.2) is 53.4 Å². The second kappa shape index (κ2) is 6.99. The number of hydrogen-bond donors (Lipinski definition) is 0. The highest BCUT2D eigenvalue weighted by Crippen LogP contribution is 2.29. The van der Waals surface area contributed by atoms with Crippen molar-refractivity contribution in [3.63, 3.8) is 0 Å². The van der Waals surface area contributed by atoms with E-state index in [0.29, 0.717) is 11.4 Å². The van der Waals surface area contributed by atoms with E-state index >= 15 is 0 Å². The monoisotopic (exact) mass is 398 g/mol. The van der Waals surface area contributed by atoms with Crippen LogP contribution in [0.3, 0.4) is 0 Å². The van der Waals surface area contributed by atoms with E-state index < -0.39 is 21.6 Å². The minimum absolute atomic E-state index is 0.0633. The third-order valence-corrected chi connectivity index (χ3v) is 4.72. The fraction of sp³-hybridized carbons (Fsp3) is 0.188. The molecule has 3 aromatic rings. The average molecular weight is 398 g/mol. The van der Waals surface area contributed by atoms with E-state index in [4.69, 9.17) is 4.74 Å². The molecule has 0 fully saturated rings. The van der Waals surface area contributed by atoms with Crippen LogP contribution in [-0.2, 0) is 22.6 Å². The van der Waals surface area contributed by atoms with Gasteiger partial charge in [-0.25, -0.2) is 8.42 Å². The molecule has 0 saturated heterocycles. The van der Waals surface area contributed by atoms with Crippen molar-refractivity contribution in [2.75, 3.05) is 6.26 Å². The first-order valence-corrected chi connectivity index (χ1v) is 9.41. The zero-order valence-corrected chi connectivity index (χ0v) is 14.7. The molecule has 0 atom stereocenters. The Morgan fingerprint density at radius 1 is 1.04 bits per heavy atom. The summed E-state index contributed by atoms with van der Waals surface area (Å²) in [5.41, 5.74) is -0.429. The predicted molar refractivity (Wildman–Crippen MR) is 88.0 cm³/mol. The van der Waals surface area contributed by atoms with Crippen LogP contribution in [0, 0.1) is 0 Å². The third kappa shape index (κ3) is 4.42. The van der Waals surface area contributed by atoms with Crippen molar-refractivity contribution >= 4 is 9.84 Å². The first-order valence-electron chi connectivity index (χ1n) is 7.52. The Kier molecular flexibility index (Phi) is 4.87. The van der Waals surface area contributed by atoms with Gasteiger partial charge in [0.05, 0.1) is 16.1 Å². The number of nitrogens with zero attached hydrogens (tertiary/aromatic N) is 4. The minimum Gasteiger partial charge on any atom is -0.486 e. The third-order valence-electron chi connectivity index (χ3n) is 3.59. The van der Waals surface area contributed by atoms with Crippen molar-refractivity contribution < 1.29 is 26.3 Å². The van der Waals surface area contributed by atoms with E-state index in [1.807, 2.05) is 0 Å². The lowest BCUT2D eigenvalue weighted by molar-refractivity contribution is -0.137. The standard InChI is InChI=1S/C16H13F3N4O3S/c1-27(24,25)14-8-6-13(7-9-14)26-10-15-20-21-22-23(15)12-4-2-11(3-5-12)16(17,18)19/h2-9H,10H2,1H3. The second-order valence-corrected chi connectivity index (χ2v) is 7.60. The first-order chi connectivity index (χ1) is 12.6. The summed E-state index contributed by atoms with van der Waals surface area (Å²) in [7, 11) is -3.31. The Labute approximate surface area is 152 Å². The van der Waals surface area contributed by atoms with Crippen LogP contribution in [0.2, 0.25) is 0 Å². The van der Waals surface area contributed by atoms with Crippen LogP contribution in [-0.4, -0.2) is 34.9 Å². The highest BCUT2D eigenvalue weighted by molar-refractivity contribution is 7.90. The van der Waals surface area contributed by atoms with Gasteiger partial charge >= 0.3 is 6.18 Å². The van der Waals surface area contributed by atoms with Crippen molar-refractivity contribution in [2.45, 2.75) is 17.7 Å². The fourth-order valence-electron chi connectivity index (χ4n) is 2.22. The number of ether oxygens (including phenoxy) is 1. The van der Waals surface area contributed by atoms with Crippen LogP contribution < -0.4 is 4.74 Å². The van der Waals surface area contributed by atoms with Gasteiger partial charge in [-0.3, -0.25) is 0 Å². The molecule has 1 aromatic heterocycles. The normalized spacial score (nSPS) is 12.1. The summed E-state index contributed by atoms with van der Waals surface area (Å²) in [6.45, 7) is -0.0633. The molecule has 0 unspecified atom stereocenters. The number of sulfone groups is 1. The molecule has 11 heteroatoms. The number of benzene rings is 2. The maximum Gasteiger partial charge on any atom is 0.416 e. The molecule has 0 saturated carbocycles. The predicted octanol–water partition coefficient (Wildman–Crippen LogP) is 2.66. The Balaban J connectivity index is 1.74. The van der Waals surface area contributed by atoms with Crippen LogP contribution in [0.4, 0.5) is 13.2 Å². The van der Waals surface area contributed by atoms with Gasteiger partial charge in [-0.2, -0.15) is 17.9 Å². The number of alkyl halides is 3. The molecule has 1 heterocycles. The molecule has 0 aliphatic heterocycles. The summed E-state index contributed by atoms with van der Waals surface area (Å²) in [4.78, 5) is 0.157. The number of hydrogen-bond acceptors (Lipinski definition) is 6. The van der Waals surface area contributed by atoms with Gasteiger partial charge in [-0.05, 0) is 59.0 Å². The molecule has 0 spiro atoms. The lowest BCUT2D eigenvalue weighted by Gasteiger charge is -2.09. The number of aromatic nitrogens is 4. The minimum atomic E-state index is -4.43. The quantitative estimate of drug-likeness (QED) is 0.657. The van der Waals surface area contributed by atoms with Gasteiger partial charge in [0.15, 0.2) is 15.7 Å². The molecular weight excluding hydrogens is 385 g/mol.